The minimum atomic E-state index is -3.31. The fraction of sp³-hybridized carbons (Fsp3) is 0.364. The van der Waals surface area contributed by atoms with Crippen LogP contribution >= 0.6 is 0 Å². The Morgan fingerprint density at radius 3 is 2.56 bits per heavy atom. The zero-order valence-electron chi connectivity index (χ0n) is 17.6. The molecule has 10 heteroatoms. The molecule has 1 aromatic heterocycles. The van der Waals surface area contributed by atoms with Crippen LogP contribution in [0.15, 0.2) is 42.6 Å². The molecule has 1 saturated heterocycles. The molecule has 1 fully saturated rings. The maximum Gasteiger partial charge on any atom is 0.244 e. The van der Waals surface area contributed by atoms with Gasteiger partial charge < -0.3 is 4.90 Å². The number of benzene rings is 2. The molecule has 1 aliphatic heterocycles. The van der Waals surface area contributed by atoms with Crippen molar-refractivity contribution in [3.8, 4) is 11.1 Å². The minimum Gasteiger partial charge on any atom is -0.341 e. The minimum absolute atomic E-state index is 0.0826. The summed E-state index contributed by atoms with van der Waals surface area (Å²) in [6.07, 6.45) is 4.53. The van der Waals surface area contributed by atoms with Gasteiger partial charge in [0.2, 0.25) is 15.9 Å². The highest BCUT2D eigenvalue weighted by molar-refractivity contribution is 7.88. The van der Waals surface area contributed by atoms with Crippen molar-refractivity contribution >= 4 is 26.8 Å². The van der Waals surface area contributed by atoms with Gasteiger partial charge in [0.05, 0.1) is 23.5 Å². The Bertz CT molecular complexity index is 1240. The van der Waals surface area contributed by atoms with Crippen molar-refractivity contribution in [1.29, 1.82) is 0 Å². The van der Waals surface area contributed by atoms with Gasteiger partial charge in [0.25, 0.3) is 0 Å². The highest BCUT2D eigenvalue weighted by Gasteiger charge is 2.24. The van der Waals surface area contributed by atoms with Crippen LogP contribution in [0.1, 0.15) is 19.3 Å². The predicted molar refractivity (Wildman–Crippen MR) is 117 cm³/mol. The molecule has 170 valence electrons. The summed E-state index contributed by atoms with van der Waals surface area (Å²) in [5.41, 5.74) is 0.657. The number of rotatable bonds is 5. The number of aromatic nitrogens is 2. The Balaban J connectivity index is 1.58. The van der Waals surface area contributed by atoms with E-state index in [2.05, 4.69) is 9.82 Å². The van der Waals surface area contributed by atoms with Crippen LogP contribution in [0.3, 0.4) is 0 Å². The van der Waals surface area contributed by atoms with E-state index < -0.39 is 21.7 Å². The summed E-state index contributed by atoms with van der Waals surface area (Å²) in [6.45, 7) is 0.843. The number of amides is 1. The number of nitrogens with one attached hydrogen (secondary N) is 1. The number of hydrogen-bond donors (Lipinski definition) is 1. The maximum absolute atomic E-state index is 14.5. The molecule has 7 nitrogen and oxygen atoms in total. The maximum atomic E-state index is 14.5. The molecule has 0 spiro atoms. The van der Waals surface area contributed by atoms with E-state index in [4.69, 9.17) is 0 Å². The van der Waals surface area contributed by atoms with Gasteiger partial charge in [-0.2, -0.15) is 5.10 Å². The molecule has 2 aromatic carbocycles. The summed E-state index contributed by atoms with van der Waals surface area (Å²) < 4.78 is 56.0. The molecule has 1 N–H and O–H groups in total. The number of sulfonamides is 1. The predicted octanol–water partition coefficient (Wildman–Crippen LogP) is 2.91. The van der Waals surface area contributed by atoms with Crippen LogP contribution < -0.4 is 4.72 Å². The Labute approximate surface area is 185 Å². The SMILES string of the molecule is CS(=O)(=O)N[C@H]1CCCN(C(=O)Cn2ncc3cccc(-c4c(F)cccc4F)c32)CC1. The Kier molecular flexibility index (Phi) is 6.25. The molecule has 0 aliphatic carbocycles. The molecule has 1 atom stereocenters. The highest BCUT2D eigenvalue weighted by Crippen LogP contribution is 2.32. The Morgan fingerprint density at radius 1 is 1.12 bits per heavy atom. The van der Waals surface area contributed by atoms with E-state index in [9.17, 15) is 22.0 Å². The van der Waals surface area contributed by atoms with Crippen molar-refractivity contribution < 1.29 is 22.0 Å². The van der Waals surface area contributed by atoms with Crippen LogP contribution in [-0.4, -0.2) is 54.4 Å². The smallest absolute Gasteiger partial charge is 0.244 e. The molecule has 3 aromatic rings. The second kappa shape index (κ2) is 8.95. The number of carbonyl (C=O) groups is 1. The van der Waals surface area contributed by atoms with Crippen molar-refractivity contribution in [1.82, 2.24) is 19.4 Å². The number of halogens is 2. The van der Waals surface area contributed by atoms with E-state index in [0.717, 1.165) is 6.26 Å². The average Bonchev–Trinajstić information content (AvgIpc) is 2.98. The molecule has 0 bridgehead atoms. The van der Waals surface area contributed by atoms with Gasteiger partial charge >= 0.3 is 0 Å². The summed E-state index contributed by atoms with van der Waals surface area (Å²) in [5.74, 6) is -1.55. The largest absolute Gasteiger partial charge is 0.341 e. The zero-order valence-corrected chi connectivity index (χ0v) is 18.4. The molecular formula is C22H24F2N4O3S. The number of para-hydroxylation sites is 1. The van der Waals surface area contributed by atoms with Gasteiger partial charge in [-0.05, 0) is 31.4 Å². The first kappa shape index (κ1) is 22.3. The third-order valence-electron chi connectivity index (χ3n) is 5.64. The molecule has 0 unspecified atom stereocenters. The van der Waals surface area contributed by atoms with E-state index >= 15 is 0 Å². The fourth-order valence-corrected chi connectivity index (χ4v) is 5.06. The number of fused-ring (bicyclic) bond motifs is 1. The third-order valence-corrected chi connectivity index (χ3v) is 6.40. The lowest BCUT2D eigenvalue weighted by Crippen LogP contribution is -2.37. The van der Waals surface area contributed by atoms with Crippen LogP contribution in [0.25, 0.3) is 22.0 Å². The molecule has 2 heterocycles. The lowest BCUT2D eigenvalue weighted by molar-refractivity contribution is -0.131. The number of likely N-dealkylation sites (tertiary alicyclic amines) is 1. The summed E-state index contributed by atoms with van der Waals surface area (Å²) >= 11 is 0. The molecule has 0 radical (unpaired) electrons. The second-order valence-corrected chi connectivity index (χ2v) is 9.82. The van der Waals surface area contributed by atoms with E-state index in [1.807, 2.05) is 0 Å². The van der Waals surface area contributed by atoms with Gasteiger partial charge in [-0.1, -0.05) is 24.3 Å². The fourth-order valence-electron chi connectivity index (χ4n) is 4.21. The van der Waals surface area contributed by atoms with Gasteiger partial charge in [0.15, 0.2) is 0 Å². The van der Waals surface area contributed by atoms with E-state index in [1.165, 1.54) is 22.9 Å². The van der Waals surface area contributed by atoms with Gasteiger partial charge in [0.1, 0.15) is 18.2 Å². The van der Waals surface area contributed by atoms with Crippen molar-refractivity contribution in [2.75, 3.05) is 19.3 Å². The van der Waals surface area contributed by atoms with Gasteiger partial charge in [-0.3, -0.25) is 9.48 Å². The summed E-state index contributed by atoms with van der Waals surface area (Å²) in [6, 6.07) is 8.58. The zero-order chi connectivity index (χ0) is 22.9. The van der Waals surface area contributed by atoms with Crippen LogP contribution in [0.4, 0.5) is 8.78 Å². The van der Waals surface area contributed by atoms with Gasteiger partial charge in [-0.25, -0.2) is 21.9 Å². The lowest BCUT2D eigenvalue weighted by Gasteiger charge is -2.21. The molecule has 32 heavy (non-hydrogen) atoms. The first-order valence-electron chi connectivity index (χ1n) is 10.4. The standard InChI is InChI=1S/C22H24F2N4O3S/c1-32(30,31)26-16-6-4-11-27(12-10-16)20(29)14-28-22-15(13-25-28)5-2-7-17(22)21-18(23)8-3-9-19(21)24/h2-3,5,7-9,13,16,26H,4,6,10-12,14H2,1H3/t16-/m0/s1. The van der Waals surface area contributed by atoms with Crippen LogP contribution in [-0.2, 0) is 21.4 Å². The van der Waals surface area contributed by atoms with Crippen molar-refractivity contribution in [3.63, 3.8) is 0 Å². The van der Waals surface area contributed by atoms with Crippen LogP contribution in [0.2, 0.25) is 0 Å². The van der Waals surface area contributed by atoms with Crippen molar-refractivity contribution in [2.45, 2.75) is 31.8 Å². The summed E-state index contributed by atoms with van der Waals surface area (Å²) in [4.78, 5) is 14.7. The third kappa shape index (κ3) is 4.81. The molecule has 1 aliphatic rings. The van der Waals surface area contributed by atoms with Gasteiger partial charge in [0, 0.05) is 30.1 Å². The quantitative estimate of drug-likeness (QED) is 0.632. The first-order valence-corrected chi connectivity index (χ1v) is 12.3. The second-order valence-electron chi connectivity index (χ2n) is 8.04. The topological polar surface area (TPSA) is 84.3 Å². The van der Waals surface area contributed by atoms with Crippen molar-refractivity contribution in [3.05, 3.63) is 54.2 Å². The molecule has 0 saturated carbocycles. The number of nitrogens with zero attached hydrogens (tertiary/aromatic N) is 3. The first-order chi connectivity index (χ1) is 15.2. The monoisotopic (exact) mass is 462 g/mol. The van der Waals surface area contributed by atoms with E-state index in [-0.39, 0.29) is 24.1 Å². The number of carbonyl (C=O) groups excluding carboxylic acids is 1. The van der Waals surface area contributed by atoms with Crippen LogP contribution in [0.5, 0.6) is 0 Å². The lowest BCUT2D eigenvalue weighted by atomic mass is 10.0. The van der Waals surface area contributed by atoms with Crippen molar-refractivity contribution in [2.24, 2.45) is 0 Å². The molecule has 1 amide bonds. The van der Waals surface area contributed by atoms with E-state index in [0.29, 0.717) is 48.8 Å². The Hall–Kier alpha value is -2.85. The molecular weight excluding hydrogens is 438 g/mol. The average molecular weight is 463 g/mol. The van der Waals surface area contributed by atoms with Gasteiger partial charge in [-0.15, -0.1) is 0 Å². The Morgan fingerprint density at radius 2 is 1.84 bits per heavy atom. The summed E-state index contributed by atoms with van der Waals surface area (Å²) in [7, 11) is -3.31. The van der Waals surface area contributed by atoms with Crippen LogP contribution in [0, 0.1) is 11.6 Å². The summed E-state index contributed by atoms with van der Waals surface area (Å²) in [5, 5.41) is 4.97. The highest BCUT2D eigenvalue weighted by atomic mass is 32.2. The number of hydrogen-bond acceptors (Lipinski definition) is 4. The van der Waals surface area contributed by atoms with E-state index in [1.54, 1.807) is 29.3 Å². The molecule has 4 rings (SSSR count). The normalized spacial score (nSPS) is 17.5.